The van der Waals surface area contributed by atoms with Crippen LogP contribution in [0.25, 0.3) is 5.57 Å². The summed E-state index contributed by atoms with van der Waals surface area (Å²) in [4.78, 5) is 4.31. The van der Waals surface area contributed by atoms with Crippen LogP contribution in [0.1, 0.15) is 52.5 Å². The van der Waals surface area contributed by atoms with Crippen LogP contribution < -0.4 is 4.72 Å². The van der Waals surface area contributed by atoms with Crippen molar-refractivity contribution in [3.63, 3.8) is 0 Å². The Morgan fingerprint density at radius 1 is 1.27 bits per heavy atom. The highest BCUT2D eigenvalue weighted by Crippen LogP contribution is 2.44. The fourth-order valence-corrected chi connectivity index (χ4v) is 4.14. The molecule has 1 aromatic heterocycles. The van der Waals surface area contributed by atoms with E-state index < -0.39 is 11.3 Å². The van der Waals surface area contributed by atoms with Crippen LogP contribution >= 0.6 is 0 Å². The third-order valence-corrected chi connectivity index (χ3v) is 5.87. The first-order valence-corrected chi connectivity index (χ1v) is 11.2. The van der Waals surface area contributed by atoms with E-state index in [1.54, 1.807) is 6.08 Å². The molecule has 0 bridgehead atoms. The van der Waals surface area contributed by atoms with Crippen molar-refractivity contribution >= 4 is 22.7 Å². The average Bonchev–Trinajstić information content (AvgIpc) is 3.11. The number of allylic oxidation sites excluding steroid dienone is 9. The molecule has 0 saturated heterocycles. The van der Waals surface area contributed by atoms with Gasteiger partial charge >= 0.3 is 11.3 Å². The van der Waals surface area contributed by atoms with Gasteiger partial charge in [0, 0.05) is 12.4 Å². The average molecular weight is 424 g/mol. The van der Waals surface area contributed by atoms with Crippen molar-refractivity contribution < 1.29 is 8.49 Å². The molecule has 0 aromatic carbocycles. The normalized spacial score (nSPS) is 22.4. The first kappa shape index (κ1) is 22.0. The lowest BCUT2D eigenvalue weighted by atomic mass is 9.71. The molecule has 158 valence electrons. The second kappa shape index (κ2) is 9.85. The van der Waals surface area contributed by atoms with Gasteiger partial charge in [-0.25, -0.2) is 0 Å². The maximum Gasteiger partial charge on any atom is 0.338 e. The molecule has 1 atom stereocenters. The van der Waals surface area contributed by atoms with Crippen molar-refractivity contribution in [3.8, 4) is 0 Å². The van der Waals surface area contributed by atoms with E-state index in [1.807, 2.05) is 37.5 Å². The van der Waals surface area contributed by atoms with E-state index >= 15 is 0 Å². The van der Waals surface area contributed by atoms with Crippen molar-refractivity contribution in [2.45, 2.75) is 47.0 Å². The summed E-state index contributed by atoms with van der Waals surface area (Å²) >= 11 is -1.56. The molecule has 1 N–H and O–H groups in total. The van der Waals surface area contributed by atoms with E-state index in [2.05, 4.69) is 64.2 Å². The van der Waals surface area contributed by atoms with Gasteiger partial charge in [-0.3, -0.25) is 14.0 Å². The molecule has 6 heteroatoms. The van der Waals surface area contributed by atoms with Crippen LogP contribution in [0, 0.1) is 5.41 Å². The zero-order valence-electron chi connectivity index (χ0n) is 18.0. The fourth-order valence-electron chi connectivity index (χ4n) is 3.69. The molecular formula is C24H29N3O2S. The molecule has 3 rings (SSSR count). The monoisotopic (exact) mass is 423 g/mol. The van der Waals surface area contributed by atoms with Gasteiger partial charge < -0.3 is 0 Å². The predicted molar refractivity (Wildman–Crippen MR) is 124 cm³/mol. The molecule has 1 aliphatic carbocycles. The van der Waals surface area contributed by atoms with E-state index in [-0.39, 0.29) is 5.41 Å². The Morgan fingerprint density at radius 3 is 2.80 bits per heavy atom. The van der Waals surface area contributed by atoms with Gasteiger partial charge in [-0.1, -0.05) is 55.9 Å². The lowest BCUT2D eigenvalue weighted by Gasteiger charge is -2.34. The first-order chi connectivity index (χ1) is 14.3. The van der Waals surface area contributed by atoms with Gasteiger partial charge in [0.05, 0.1) is 0 Å². The zero-order chi connectivity index (χ0) is 21.6. The number of nitrogens with zero attached hydrogens (tertiary/aromatic N) is 2. The Labute approximate surface area is 181 Å². The van der Waals surface area contributed by atoms with Gasteiger partial charge in [0.2, 0.25) is 0 Å². The SMILES string of the molecule is CC(/C=C/C1=C(c2cccnc2)CCCC1(C)C)=C\C=C\C(C)=C\C1=NO[S@@](=O)N1. The highest BCUT2D eigenvalue weighted by Gasteiger charge is 2.28. The lowest BCUT2D eigenvalue weighted by Crippen LogP contribution is -2.19. The minimum absolute atomic E-state index is 0.145. The van der Waals surface area contributed by atoms with Crippen LogP contribution in [-0.2, 0) is 15.6 Å². The maximum absolute atomic E-state index is 11.1. The smallest absolute Gasteiger partial charge is 0.269 e. The second-order valence-electron chi connectivity index (χ2n) is 8.25. The van der Waals surface area contributed by atoms with Crippen molar-refractivity contribution in [1.29, 1.82) is 0 Å². The molecule has 30 heavy (non-hydrogen) atoms. The number of amidine groups is 1. The molecule has 0 radical (unpaired) electrons. The number of oxime groups is 1. The summed E-state index contributed by atoms with van der Waals surface area (Å²) in [5, 5.41) is 3.69. The van der Waals surface area contributed by atoms with Crippen LogP contribution in [0.15, 0.2) is 82.9 Å². The first-order valence-electron chi connectivity index (χ1n) is 10.1. The standard InChI is InChI=1S/C24H29N3O2S/c1-18(8-5-9-19(2)16-23-26-29-30(28)27-23)12-13-22-21(11-6-14-24(22,3)4)20-10-7-15-25-17-20/h5,7-10,12-13,15-17H,6,11,14H2,1-4H3,(H,26,27)/b9-5+,13-12+,18-8+,19-16+/t30-/m1/s1. The molecule has 1 aromatic rings. The van der Waals surface area contributed by atoms with Crippen LogP contribution in [0.5, 0.6) is 0 Å². The van der Waals surface area contributed by atoms with Gasteiger partial charge in [0.25, 0.3) is 0 Å². The molecule has 5 nitrogen and oxygen atoms in total. The summed E-state index contributed by atoms with van der Waals surface area (Å²) in [6.07, 6.45) is 19.6. The van der Waals surface area contributed by atoms with Crippen LogP contribution in [-0.4, -0.2) is 15.0 Å². The Bertz CT molecular complexity index is 983. The molecule has 0 unspecified atom stereocenters. The minimum atomic E-state index is -1.56. The van der Waals surface area contributed by atoms with E-state index in [0.29, 0.717) is 5.84 Å². The van der Waals surface area contributed by atoms with Gasteiger partial charge in [-0.15, -0.1) is 0 Å². The maximum atomic E-state index is 11.1. The molecule has 0 spiro atoms. The topological polar surface area (TPSA) is 63.6 Å². The molecule has 2 aliphatic rings. The zero-order valence-corrected chi connectivity index (χ0v) is 18.8. The van der Waals surface area contributed by atoms with Crippen molar-refractivity contribution in [1.82, 2.24) is 9.71 Å². The number of hydrogen-bond donors (Lipinski definition) is 1. The summed E-state index contributed by atoms with van der Waals surface area (Å²) in [6.45, 7) is 8.70. The lowest BCUT2D eigenvalue weighted by molar-refractivity contribution is 0.385. The van der Waals surface area contributed by atoms with Gasteiger partial charge in [-0.05, 0) is 78.1 Å². The molecule has 2 heterocycles. The fraction of sp³-hybridized carbons (Fsp3) is 0.333. The summed E-state index contributed by atoms with van der Waals surface area (Å²) in [5.74, 6) is 0.463. The highest BCUT2D eigenvalue weighted by molar-refractivity contribution is 7.79. The third kappa shape index (κ3) is 5.89. The van der Waals surface area contributed by atoms with E-state index in [0.717, 1.165) is 12.0 Å². The van der Waals surface area contributed by atoms with E-state index in [1.165, 1.54) is 35.1 Å². The molecule has 0 saturated carbocycles. The highest BCUT2D eigenvalue weighted by atomic mass is 32.2. The molecule has 0 amide bonds. The molecule has 1 aliphatic heterocycles. The number of pyridine rings is 1. The second-order valence-corrected chi connectivity index (χ2v) is 9.07. The predicted octanol–water partition coefficient (Wildman–Crippen LogP) is 5.56. The van der Waals surface area contributed by atoms with Crippen molar-refractivity contribution in [2.24, 2.45) is 10.6 Å². The summed E-state index contributed by atoms with van der Waals surface area (Å²) in [7, 11) is 0. The van der Waals surface area contributed by atoms with E-state index in [4.69, 9.17) is 0 Å². The number of rotatable bonds is 6. The summed E-state index contributed by atoms with van der Waals surface area (Å²) in [6, 6.07) is 4.16. The van der Waals surface area contributed by atoms with Gasteiger partial charge in [0.15, 0.2) is 5.84 Å². The van der Waals surface area contributed by atoms with Gasteiger partial charge in [0.1, 0.15) is 0 Å². The van der Waals surface area contributed by atoms with Crippen LogP contribution in [0.2, 0.25) is 0 Å². The van der Waals surface area contributed by atoms with Crippen molar-refractivity contribution in [2.75, 3.05) is 0 Å². The Kier molecular flexibility index (Phi) is 7.21. The molecular weight excluding hydrogens is 394 g/mol. The Balaban J connectivity index is 1.75. The number of nitrogens with one attached hydrogen (secondary N) is 1. The summed E-state index contributed by atoms with van der Waals surface area (Å²) in [5.41, 5.74) is 6.31. The van der Waals surface area contributed by atoms with E-state index in [9.17, 15) is 4.21 Å². The quantitative estimate of drug-likeness (QED) is 0.609. The molecule has 0 fully saturated rings. The Hall–Kier alpha value is -2.73. The number of aromatic nitrogens is 1. The minimum Gasteiger partial charge on any atom is -0.269 e. The third-order valence-electron chi connectivity index (χ3n) is 5.28. The summed E-state index contributed by atoms with van der Waals surface area (Å²) < 4.78 is 18.3. The van der Waals surface area contributed by atoms with Gasteiger partial charge in [-0.2, -0.15) is 4.21 Å². The van der Waals surface area contributed by atoms with Crippen LogP contribution in [0.3, 0.4) is 0 Å². The van der Waals surface area contributed by atoms with Crippen LogP contribution in [0.4, 0.5) is 0 Å². The largest absolute Gasteiger partial charge is 0.338 e. The Morgan fingerprint density at radius 2 is 2.10 bits per heavy atom. The number of hydrogen-bond acceptors (Lipinski definition) is 4. The van der Waals surface area contributed by atoms with Crippen molar-refractivity contribution in [3.05, 3.63) is 83.3 Å².